The van der Waals surface area contributed by atoms with Crippen LogP contribution in [-0.2, 0) is 20.1 Å². The molecule has 0 aromatic carbocycles. The fourth-order valence-electron chi connectivity index (χ4n) is 2.11. The molecule has 0 spiro atoms. The Morgan fingerprint density at radius 1 is 1.44 bits per heavy atom. The Morgan fingerprint density at radius 3 is 3.00 bits per heavy atom. The van der Waals surface area contributed by atoms with Gasteiger partial charge in [-0.3, -0.25) is 9.36 Å². The summed E-state index contributed by atoms with van der Waals surface area (Å²) in [5.74, 6) is 0.513. The van der Waals surface area contributed by atoms with Crippen LogP contribution in [0.15, 0.2) is 27.8 Å². The predicted molar refractivity (Wildman–Crippen MR) is 60.9 cm³/mol. The molecule has 18 heavy (non-hydrogen) atoms. The molecule has 0 bridgehead atoms. The van der Waals surface area contributed by atoms with Gasteiger partial charge in [0.15, 0.2) is 5.82 Å². The number of carbonyl (C=O) groups excluding carboxylic acids is 1. The van der Waals surface area contributed by atoms with E-state index < -0.39 is 0 Å². The fourth-order valence-corrected chi connectivity index (χ4v) is 2.11. The third-order valence-electron chi connectivity index (χ3n) is 3.07. The van der Waals surface area contributed by atoms with Gasteiger partial charge >= 0.3 is 5.69 Å². The van der Waals surface area contributed by atoms with Gasteiger partial charge < -0.3 is 9.32 Å². The number of aryl methyl sites for hydroxylation is 1. The zero-order chi connectivity index (χ0) is 12.7. The van der Waals surface area contributed by atoms with Crippen LogP contribution < -0.4 is 5.69 Å². The lowest BCUT2D eigenvalue weighted by molar-refractivity contribution is 0.0705. The van der Waals surface area contributed by atoms with Gasteiger partial charge in [0, 0.05) is 20.1 Å². The molecule has 0 saturated carbocycles. The number of hydrogen-bond acceptors (Lipinski definition) is 4. The quantitative estimate of drug-likeness (QED) is 0.702. The standard InChI is InChI=1S/C11H12N4O3/c1-13-11(17)15-4-3-14(6-9(15)12-13)10(16)8-2-5-18-7-8/h2,5,7H,3-4,6H2,1H3. The first-order valence-corrected chi connectivity index (χ1v) is 5.61. The highest BCUT2D eigenvalue weighted by Gasteiger charge is 2.25. The maximum Gasteiger partial charge on any atom is 0.345 e. The summed E-state index contributed by atoms with van der Waals surface area (Å²) in [5.41, 5.74) is 0.377. The van der Waals surface area contributed by atoms with E-state index >= 15 is 0 Å². The van der Waals surface area contributed by atoms with E-state index in [0.717, 1.165) is 0 Å². The Kier molecular flexibility index (Phi) is 2.32. The van der Waals surface area contributed by atoms with Crippen molar-refractivity contribution in [2.45, 2.75) is 13.1 Å². The van der Waals surface area contributed by atoms with Crippen LogP contribution in [0, 0.1) is 0 Å². The molecule has 7 heteroatoms. The molecular weight excluding hydrogens is 236 g/mol. The van der Waals surface area contributed by atoms with Gasteiger partial charge in [-0.25, -0.2) is 9.48 Å². The van der Waals surface area contributed by atoms with E-state index in [1.165, 1.54) is 17.2 Å². The van der Waals surface area contributed by atoms with Crippen LogP contribution in [0.2, 0.25) is 0 Å². The number of amides is 1. The van der Waals surface area contributed by atoms with Crippen LogP contribution in [0.5, 0.6) is 0 Å². The van der Waals surface area contributed by atoms with Gasteiger partial charge in [0.25, 0.3) is 5.91 Å². The highest BCUT2D eigenvalue weighted by molar-refractivity contribution is 5.93. The molecule has 0 fully saturated rings. The van der Waals surface area contributed by atoms with Crippen LogP contribution in [0.25, 0.3) is 0 Å². The van der Waals surface area contributed by atoms with Crippen molar-refractivity contribution in [1.29, 1.82) is 0 Å². The molecule has 2 aromatic rings. The molecule has 2 aromatic heterocycles. The number of aromatic nitrogens is 3. The molecule has 7 nitrogen and oxygen atoms in total. The third kappa shape index (κ3) is 1.55. The molecule has 0 radical (unpaired) electrons. The number of furan rings is 1. The van der Waals surface area contributed by atoms with Crippen LogP contribution in [0.4, 0.5) is 0 Å². The van der Waals surface area contributed by atoms with Crippen molar-refractivity contribution in [2.24, 2.45) is 7.05 Å². The van der Waals surface area contributed by atoms with Gasteiger partial charge in [0.05, 0.1) is 18.4 Å². The molecule has 0 saturated heterocycles. The van der Waals surface area contributed by atoms with Crippen LogP contribution in [-0.4, -0.2) is 31.7 Å². The van der Waals surface area contributed by atoms with Gasteiger partial charge in [-0.2, -0.15) is 5.10 Å². The summed E-state index contributed by atoms with van der Waals surface area (Å²) in [6.07, 6.45) is 2.89. The zero-order valence-electron chi connectivity index (χ0n) is 9.87. The summed E-state index contributed by atoms with van der Waals surface area (Å²) in [4.78, 5) is 25.4. The smallest absolute Gasteiger partial charge is 0.345 e. The molecule has 0 N–H and O–H groups in total. The number of carbonyl (C=O) groups is 1. The molecule has 1 amide bonds. The maximum absolute atomic E-state index is 12.1. The van der Waals surface area contributed by atoms with E-state index in [2.05, 4.69) is 5.10 Å². The normalized spacial score (nSPS) is 14.6. The lowest BCUT2D eigenvalue weighted by Crippen LogP contribution is -2.40. The van der Waals surface area contributed by atoms with E-state index in [-0.39, 0.29) is 11.6 Å². The lowest BCUT2D eigenvalue weighted by atomic mass is 10.2. The minimum Gasteiger partial charge on any atom is -0.472 e. The molecule has 1 aliphatic rings. The van der Waals surface area contributed by atoms with E-state index in [1.807, 2.05) is 0 Å². The minimum absolute atomic E-state index is 0.104. The second-order valence-corrected chi connectivity index (χ2v) is 4.21. The molecule has 0 atom stereocenters. The van der Waals surface area contributed by atoms with Crippen molar-refractivity contribution in [3.05, 3.63) is 40.5 Å². The number of fused-ring (bicyclic) bond motifs is 1. The minimum atomic E-state index is -0.139. The van der Waals surface area contributed by atoms with Gasteiger partial charge in [0.1, 0.15) is 6.26 Å². The van der Waals surface area contributed by atoms with Crippen LogP contribution >= 0.6 is 0 Å². The van der Waals surface area contributed by atoms with Crippen molar-refractivity contribution in [1.82, 2.24) is 19.2 Å². The van der Waals surface area contributed by atoms with Crippen molar-refractivity contribution >= 4 is 5.91 Å². The average Bonchev–Trinajstić information content (AvgIpc) is 2.98. The number of rotatable bonds is 1. The van der Waals surface area contributed by atoms with Crippen molar-refractivity contribution in [3.8, 4) is 0 Å². The van der Waals surface area contributed by atoms with Crippen molar-refractivity contribution in [3.63, 3.8) is 0 Å². The second-order valence-electron chi connectivity index (χ2n) is 4.21. The maximum atomic E-state index is 12.1. The molecule has 0 aliphatic carbocycles. The molecule has 0 unspecified atom stereocenters. The highest BCUT2D eigenvalue weighted by atomic mass is 16.3. The number of hydrogen-bond donors (Lipinski definition) is 0. The Balaban J connectivity index is 1.87. The Morgan fingerprint density at radius 2 is 2.28 bits per heavy atom. The zero-order valence-corrected chi connectivity index (χ0v) is 9.87. The Hall–Kier alpha value is -2.31. The molecule has 1 aliphatic heterocycles. The van der Waals surface area contributed by atoms with Gasteiger partial charge in [-0.15, -0.1) is 0 Å². The second kappa shape index (κ2) is 3.86. The van der Waals surface area contributed by atoms with E-state index in [0.29, 0.717) is 31.0 Å². The number of nitrogens with zero attached hydrogens (tertiary/aromatic N) is 4. The Bertz CT molecular complexity index is 638. The summed E-state index contributed by atoms with van der Waals surface area (Å²) < 4.78 is 7.79. The monoisotopic (exact) mass is 248 g/mol. The van der Waals surface area contributed by atoms with Gasteiger partial charge in [0.2, 0.25) is 0 Å². The summed E-state index contributed by atoms with van der Waals surface area (Å²) in [6.45, 7) is 1.33. The molecular formula is C11H12N4O3. The SMILES string of the molecule is Cn1nc2n(c1=O)CCN(C(=O)c1ccoc1)C2. The van der Waals surface area contributed by atoms with Crippen molar-refractivity contribution in [2.75, 3.05) is 6.54 Å². The molecule has 3 rings (SSSR count). The summed E-state index contributed by atoms with van der Waals surface area (Å²) in [7, 11) is 1.61. The van der Waals surface area contributed by atoms with Crippen molar-refractivity contribution < 1.29 is 9.21 Å². The highest BCUT2D eigenvalue weighted by Crippen LogP contribution is 2.12. The van der Waals surface area contributed by atoms with E-state index in [9.17, 15) is 9.59 Å². The largest absolute Gasteiger partial charge is 0.472 e. The fraction of sp³-hybridized carbons (Fsp3) is 0.364. The molecule has 3 heterocycles. The van der Waals surface area contributed by atoms with Crippen LogP contribution in [0.1, 0.15) is 16.2 Å². The van der Waals surface area contributed by atoms with Crippen LogP contribution in [0.3, 0.4) is 0 Å². The predicted octanol–water partition coefficient (Wildman–Crippen LogP) is -0.169. The topological polar surface area (TPSA) is 73.3 Å². The van der Waals surface area contributed by atoms with Gasteiger partial charge in [-0.1, -0.05) is 0 Å². The lowest BCUT2D eigenvalue weighted by Gasteiger charge is -2.26. The summed E-state index contributed by atoms with van der Waals surface area (Å²) in [5, 5.41) is 4.11. The average molecular weight is 248 g/mol. The summed E-state index contributed by atoms with van der Waals surface area (Å²) >= 11 is 0. The van der Waals surface area contributed by atoms with E-state index in [4.69, 9.17) is 4.42 Å². The van der Waals surface area contributed by atoms with E-state index in [1.54, 1.807) is 22.6 Å². The third-order valence-corrected chi connectivity index (χ3v) is 3.07. The summed E-state index contributed by atoms with van der Waals surface area (Å²) in [6, 6.07) is 1.63. The first kappa shape index (κ1) is 10.8. The van der Waals surface area contributed by atoms with Gasteiger partial charge in [-0.05, 0) is 6.07 Å². The first-order chi connectivity index (χ1) is 8.66. The first-order valence-electron chi connectivity index (χ1n) is 5.61. The molecule has 94 valence electrons. The Labute approximate surface area is 102 Å².